The summed E-state index contributed by atoms with van der Waals surface area (Å²) in [6, 6.07) is 1.57. The van der Waals surface area contributed by atoms with Crippen LogP contribution < -0.4 is 11.3 Å². The van der Waals surface area contributed by atoms with Crippen molar-refractivity contribution >= 4 is 27.5 Å². The summed E-state index contributed by atoms with van der Waals surface area (Å²) in [4.78, 5) is 13.2. The lowest BCUT2D eigenvalue weighted by Gasteiger charge is -2.33. The van der Waals surface area contributed by atoms with Gasteiger partial charge in [0.1, 0.15) is 17.4 Å². The Morgan fingerprint density at radius 1 is 1.65 bits per heavy atom. The fourth-order valence-corrected chi connectivity index (χ4v) is 5.00. The molecule has 2 rings (SSSR count). The van der Waals surface area contributed by atoms with Gasteiger partial charge in [-0.3, -0.25) is 15.1 Å². The molecule has 3 N–H and O–H groups in total. The lowest BCUT2D eigenvalue weighted by molar-refractivity contribution is 0.0953. The maximum absolute atomic E-state index is 11.8. The molecular weight excluding hydrogens is 302 g/mol. The number of hydrazine groups is 1. The Bertz CT molecular complexity index is 584. The molecule has 0 radical (unpaired) electrons. The molecule has 0 aliphatic carbocycles. The first-order valence-corrected chi connectivity index (χ1v) is 9.12. The van der Waals surface area contributed by atoms with Gasteiger partial charge >= 0.3 is 0 Å². The van der Waals surface area contributed by atoms with Crippen LogP contribution >= 0.6 is 11.8 Å². The van der Waals surface area contributed by atoms with Crippen LogP contribution in [0.25, 0.3) is 0 Å². The molecule has 0 spiro atoms. The number of rotatable bonds is 4. The third-order valence-corrected chi connectivity index (χ3v) is 5.78. The number of hydrogen-bond acceptors (Lipinski definition) is 7. The van der Waals surface area contributed by atoms with Crippen molar-refractivity contribution in [3.8, 4) is 0 Å². The summed E-state index contributed by atoms with van der Waals surface area (Å²) in [5.74, 6) is 6.58. The first-order valence-electron chi connectivity index (χ1n) is 6.01. The molecule has 1 atom stereocenters. The summed E-state index contributed by atoms with van der Waals surface area (Å²) < 4.78 is 28.9. The molecule has 1 amide bonds. The Hall–Kier alpha value is -1.03. The van der Waals surface area contributed by atoms with E-state index in [0.717, 1.165) is 5.75 Å². The predicted molar refractivity (Wildman–Crippen MR) is 76.7 cm³/mol. The molecule has 1 saturated heterocycles. The quantitative estimate of drug-likeness (QED) is 0.450. The molecule has 1 fully saturated rings. The number of carbonyl (C=O) groups is 1. The highest BCUT2D eigenvalue weighted by Crippen LogP contribution is 2.23. The van der Waals surface area contributed by atoms with E-state index in [1.807, 2.05) is 10.3 Å². The number of nitrogen functional groups attached to an aromatic ring is 1. The molecule has 1 aliphatic heterocycles. The Kier molecular flexibility index (Phi) is 4.74. The van der Waals surface area contributed by atoms with Gasteiger partial charge in [0, 0.05) is 24.3 Å². The van der Waals surface area contributed by atoms with Crippen molar-refractivity contribution < 1.29 is 17.6 Å². The van der Waals surface area contributed by atoms with Crippen LogP contribution in [0.4, 0.5) is 0 Å². The van der Waals surface area contributed by atoms with Crippen LogP contribution in [0.1, 0.15) is 16.1 Å². The van der Waals surface area contributed by atoms with E-state index in [0.29, 0.717) is 30.2 Å². The number of hydrogen-bond donors (Lipinski definition) is 2. The highest BCUT2D eigenvalue weighted by Gasteiger charge is 2.31. The van der Waals surface area contributed by atoms with E-state index >= 15 is 0 Å². The van der Waals surface area contributed by atoms with Crippen molar-refractivity contribution in [1.29, 1.82) is 0 Å². The monoisotopic (exact) mass is 319 g/mol. The van der Waals surface area contributed by atoms with Gasteiger partial charge < -0.3 is 4.42 Å². The second kappa shape index (κ2) is 6.17. The van der Waals surface area contributed by atoms with E-state index < -0.39 is 21.1 Å². The molecule has 20 heavy (non-hydrogen) atoms. The van der Waals surface area contributed by atoms with Crippen molar-refractivity contribution in [2.75, 3.05) is 24.3 Å². The lowest BCUT2D eigenvalue weighted by Crippen LogP contribution is -2.46. The minimum atomic E-state index is -3.15. The number of nitrogens with two attached hydrogens (primary N) is 1. The highest BCUT2D eigenvalue weighted by molar-refractivity contribution is 8.00. The van der Waals surface area contributed by atoms with Crippen LogP contribution in [0.3, 0.4) is 0 Å². The van der Waals surface area contributed by atoms with E-state index in [-0.39, 0.29) is 0 Å². The zero-order chi connectivity index (χ0) is 14.8. The predicted octanol–water partition coefficient (Wildman–Crippen LogP) is -0.197. The van der Waals surface area contributed by atoms with Gasteiger partial charge in [-0.2, -0.15) is 11.8 Å². The van der Waals surface area contributed by atoms with E-state index in [1.165, 1.54) is 12.5 Å². The summed E-state index contributed by atoms with van der Waals surface area (Å²) in [6.45, 7) is 1.03. The van der Waals surface area contributed by atoms with Crippen molar-refractivity contribution in [2.45, 2.75) is 11.9 Å². The normalized spacial score (nSPS) is 20.8. The smallest absolute Gasteiger partial charge is 0.268 e. The first kappa shape index (κ1) is 15.4. The fourth-order valence-electron chi connectivity index (χ4n) is 2.06. The Morgan fingerprint density at radius 3 is 3.05 bits per heavy atom. The Balaban J connectivity index is 2.11. The zero-order valence-electron chi connectivity index (χ0n) is 11.0. The zero-order valence-corrected chi connectivity index (χ0v) is 12.7. The third kappa shape index (κ3) is 3.54. The average Bonchev–Trinajstić information content (AvgIpc) is 2.86. The molecule has 112 valence electrons. The summed E-state index contributed by atoms with van der Waals surface area (Å²) in [5.41, 5.74) is 2.34. The molecule has 9 heteroatoms. The third-order valence-electron chi connectivity index (χ3n) is 3.09. The van der Waals surface area contributed by atoms with Gasteiger partial charge in [0.15, 0.2) is 9.84 Å². The van der Waals surface area contributed by atoms with Crippen LogP contribution in [0.5, 0.6) is 0 Å². The van der Waals surface area contributed by atoms with E-state index in [4.69, 9.17) is 10.3 Å². The van der Waals surface area contributed by atoms with Crippen molar-refractivity contribution in [1.82, 2.24) is 10.3 Å². The Labute approximate surface area is 121 Å². The summed E-state index contributed by atoms with van der Waals surface area (Å²) in [6.07, 6.45) is 2.55. The molecule has 7 nitrogen and oxygen atoms in total. The van der Waals surface area contributed by atoms with Gasteiger partial charge in [-0.1, -0.05) is 0 Å². The summed E-state index contributed by atoms with van der Waals surface area (Å²) in [7, 11) is -3.15. The lowest BCUT2D eigenvalue weighted by atomic mass is 10.3. The second-order valence-electron chi connectivity index (χ2n) is 4.60. The minimum Gasteiger partial charge on any atom is -0.467 e. The number of carbonyl (C=O) groups excluding carboxylic acids is 1. The molecule has 1 unspecified atom stereocenters. The largest absolute Gasteiger partial charge is 0.467 e. The second-order valence-corrected chi connectivity index (χ2v) is 7.96. The van der Waals surface area contributed by atoms with E-state index in [1.54, 1.807) is 17.8 Å². The number of nitrogens with zero attached hydrogens (tertiary/aromatic N) is 1. The molecule has 1 aromatic rings. The van der Waals surface area contributed by atoms with Gasteiger partial charge in [0.25, 0.3) is 5.91 Å². The maximum Gasteiger partial charge on any atom is 0.268 e. The molecule has 1 aromatic heterocycles. The number of nitrogens with one attached hydrogen (secondary N) is 1. The number of amides is 1. The molecule has 2 heterocycles. The van der Waals surface area contributed by atoms with Crippen LogP contribution in [0.2, 0.25) is 0 Å². The van der Waals surface area contributed by atoms with E-state index in [9.17, 15) is 13.2 Å². The van der Waals surface area contributed by atoms with Crippen molar-refractivity contribution in [3.63, 3.8) is 0 Å². The van der Waals surface area contributed by atoms with Gasteiger partial charge in [-0.15, -0.1) is 0 Å². The maximum atomic E-state index is 11.8. The molecule has 0 saturated carbocycles. The van der Waals surface area contributed by atoms with Gasteiger partial charge in [0.05, 0.1) is 12.1 Å². The van der Waals surface area contributed by atoms with Crippen LogP contribution in [-0.2, 0) is 16.4 Å². The number of sulfone groups is 1. The summed E-state index contributed by atoms with van der Waals surface area (Å²) >= 11 is 1.63. The van der Waals surface area contributed by atoms with Gasteiger partial charge in [-0.25, -0.2) is 14.3 Å². The van der Waals surface area contributed by atoms with Gasteiger partial charge in [0.2, 0.25) is 0 Å². The fraction of sp³-hybridized carbons (Fsp3) is 0.545. The standard InChI is InChI=1S/C11H17N3O4S2/c1-20(16,17)10-7-19-3-2-14(10)5-9-4-8(6-18-9)11(15)13-12/h4,6,10H,2-3,5,7,12H2,1H3,(H,13,15). The van der Waals surface area contributed by atoms with Crippen molar-refractivity contribution in [3.05, 3.63) is 23.7 Å². The molecular formula is C11H17N3O4S2. The van der Waals surface area contributed by atoms with Crippen LogP contribution in [0.15, 0.2) is 16.7 Å². The Morgan fingerprint density at radius 2 is 2.40 bits per heavy atom. The highest BCUT2D eigenvalue weighted by atomic mass is 32.2. The van der Waals surface area contributed by atoms with Gasteiger partial charge in [-0.05, 0) is 6.07 Å². The van der Waals surface area contributed by atoms with Crippen LogP contribution in [-0.4, -0.2) is 48.9 Å². The molecule has 0 aromatic carbocycles. The first-order chi connectivity index (χ1) is 9.41. The van der Waals surface area contributed by atoms with Crippen molar-refractivity contribution in [2.24, 2.45) is 5.84 Å². The average molecular weight is 319 g/mol. The molecule has 0 bridgehead atoms. The van der Waals surface area contributed by atoms with E-state index in [2.05, 4.69) is 0 Å². The molecule has 1 aliphatic rings. The minimum absolute atomic E-state index is 0.324. The SMILES string of the molecule is CS(=O)(=O)C1CSCCN1Cc1cc(C(=O)NN)co1. The number of furan rings is 1. The summed E-state index contributed by atoms with van der Waals surface area (Å²) in [5, 5.41) is -0.516. The number of thioether (sulfide) groups is 1. The van der Waals surface area contributed by atoms with Crippen LogP contribution in [0, 0.1) is 0 Å². The topological polar surface area (TPSA) is 106 Å².